The van der Waals surface area contributed by atoms with Crippen LogP contribution in [-0.4, -0.2) is 35.8 Å². The van der Waals surface area contributed by atoms with Gasteiger partial charge in [-0.2, -0.15) is 0 Å². The van der Waals surface area contributed by atoms with Gasteiger partial charge < -0.3 is 10.2 Å². The molecule has 2 aromatic rings. The van der Waals surface area contributed by atoms with Gasteiger partial charge in [0.1, 0.15) is 4.88 Å². The van der Waals surface area contributed by atoms with E-state index in [2.05, 4.69) is 5.32 Å². The van der Waals surface area contributed by atoms with Crippen molar-refractivity contribution in [3.05, 3.63) is 32.1 Å². The Morgan fingerprint density at radius 3 is 2.38 bits per heavy atom. The van der Waals surface area contributed by atoms with Crippen molar-refractivity contribution in [3.8, 4) is 0 Å². The summed E-state index contributed by atoms with van der Waals surface area (Å²) >= 11 is 20.2. The van der Waals surface area contributed by atoms with Gasteiger partial charge in [-0.05, 0) is 37.8 Å². The highest BCUT2D eigenvalue weighted by Crippen LogP contribution is 2.41. The minimum absolute atomic E-state index is 0.0829. The predicted molar refractivity (Wildman–Crippen MR) is 120 cm³/mol. The number of benzene rings is 1. The van der Waals surface area contributed by atoms with Gasteiger partial charge in [0.05, 0.1) is 10.0 Å². The van der Waals surface area contributed by atoms with E-state index in [0.29, 0.717) is 38.4 Å². The summed E-state index contributed by atoms with van der Waals surface area (Å²) in [5, 5.41) is 5.25. The number of fused-ring (bicyclic) bond motifs is 1. The maximum Gasteiger partial charge on any atom is 0.265 e. The molecule has 29 heavy (non-hydrogen) atoms. The van der Waals surface area contributed by atoms with Crippen LogP contribution in [0.3, 0.4) is 0 Å². The quantitative estimate of drug-likeness (QED) is 0.580. The summed E-state index contributed by atoms with van der Waals surface area (Å²) in [7, 11) is 0. The fourth-order valence-corrected chi connectivity index (χ4v) is 6.64. The number of carbonyl (C=O) groups excluding carboxylic acids is 2. The van der Waals surface area contributed by atoms with Gasteiger partial charge in [-0.25, -0.2) is 0 Å². The first-order valence-corrected chi connectivity index (χ1v) is 12.1. The van der Waals surface area contributed by atoms with E-state index in [1.807, 2.05) is 4.90 Å². The molecule has 2 amide bonds. The van der Waals surface area contributed by atoms with Crippen LogP contribution in [-0.2, 0) is 4.79 Å². The van der Waals surface area contributed by atoms with E-state index in [1.54, 1.807) is 12.1 Å². The number of halogens is 3. The van der Waals surface area contributed by atoms with Crippen molar-refractivity contribution in [3.63, 3.8) is 0 Å². The Hall–Kier alpha value is -1.01. The molecule has 2 aliphatic rings. The molecule has 156 valence electrons. The fraction of sp³-hybridized carbons (Fsp3) is 0.524. The molecule has 2 heterocycles. The van der Waals surface area contributed by atoms with E-state index in [-0.39, 0.29) is 23.8 Å². The first-order valence-electron chi connectivity index (χ1n) is 10.1. The first-order chi connectivity index (χ1) is 13.9. The molecule has 2 fully saturated rings. The average Bonchev–Trinajstić information content (AvgIpc) is 3.05. The molecule has 0 bridgehead atoms. The molecule has 1 aromatic heterocycles. The zero-order valence-corrected chi connectivity index (χ0v) is 19.1. The van der Waals surface area contributed by atoms with Gasteiger partial charge in [-0.15, -0.1) is 11.3 Å². The fourth-order valence-electron chi connectivity index (χ4n) is 4.30. The van der Waals surface area contributed by atoms with Crippen LogP contribution < -0.4 is 5.32 Å². The maximum atomic E-state index is 13.1. The third kappa shape index (κ3) is 4.53. The van der Waals surface area contributed by atoms with Crippen molar-refractivity contribution in [2.75, 3.05) is 13.1 Å². The van der Waals surface area contributed by atoms with Gasteiger partial charge in [0.25, 0.3) is 5.91 Å². The molecule has 1 aromatic carbocycles. The Labute approximate surface area is 189 Å². The Kier molecular flexibility index (Phi) is 6.59. The van der Waals surface area contributed by atoms with Crippen molar-refractivity contribution in [1.29, 1.82) is 0 Å². The van der Waals surface area contributed by atoms with Gasteiger partial charge >= 0.3 is 0 Å². The second-order valence-electron chi connectivity index (χ2n) is 7.92. The number of rotatable bonds is 3. The van der Waals surface area contributed by atoms with Crippen molar-refractivity contribution in [2.45, 2.75) is 51.0 Å². The van der Waals surface area contributed by atoms with Gasteiger partial charge in [-0.1, -0.05) is 54.1 Å². The van der Waals surface area contributed by atoms with E-state index in [1.165, 1.54) is 17.8 Å². The molecule has 1 saturated carbocycles. The van der Waals surface area contributed by atoms with E-state index < -0.39 is 0 Å². The molecule has 0 spiro atoms. The molecule has 1 aliphatic carbocycles. The summed E-state index contributed by atoms with van der Waals surface area (Å²) in [5.41, 5.74) is 0. The lowest BCUT2D eigenvalue weighted by Gasteiger charge is -2.33. The normalized spacial score (nSPS) is 18.9. The largest absolute Gasteiger partial charge is 0.353 e. The predicted octanol–water partition coefficient (Wildman–Crippen LogP) is 6.16. The van der Waals surface area contributed by atoms with E-state index >= 15 is 0 Å². The second-order valence-corrected chi connectivity index (χ2v) is 10.2. The standard InChI is InChI=1S/C21H23Cl3N2O2S/c22-13-10-15(23)17-16(11-13)29-19(18(17)24)21(28)26-8-6-14(7-9-26)25-20(27)12-4-2-1-3-5-12/h10-12,14H,1-9H2,(H,25,27). The monoisotopic (exact) mass is 472 g/mol. The number of nitrogens with zero attached hydrogens (tertiary/aromatic N) is 1. The number of carbonyl (C=O) groups is 2. The molecule has 4 rings (SSSR count). The van der Waals surface area contributed by atoms with Crippen LogP contribution in [0.1, 0.15) is 54.6 Å². The summed E-state index contributed by atoms with van der Waals surface area (Å²) < 4.78 is 0.811. The molecule has 0 unspecified atom stereocenters. The number of nitrogens with one attached hydrogen (secondary N) is 1. The summed E-state index contributed by atoms with van der Waals surface area (Å²) in [6, 6.07) is 3.56. The van der Waals surface area contributed by atoms with Crippen LogP contribution >= 0.6 is 46.1 Å². The van der Waals surface area contributed by atoms with Crippen LogP contribution in [0.25, 0.3) is 10.1 Å². The molecule has 4 nitrogen and oxygen atoms in total. The van der Waals surface area contributed by atoms with E-state index in [0.717, 1.165) is 43.2 Å². The highest BCUT2D eigenvalue weighted by atomic mass is 35.5. The Morgan fingerprint density at radius 1 is 1.00 bits per heavy atom. The molecular formula is C21H23Cl3N2O2S. The number of thiophene rings is 1. The molecule has 1 aliphatic heterocycles. The molecular weight excluding hydrogens is 451 g/mol. The van der Waals surface area contributed by atoms with Gasteiger partial charge in [-0.3, -0.25) is 9.59 Å². The van der Waals surface area contributed by atoms with Crippen molar-refractivity contribution in [1.82, 2.24) is 10.2 Å². The minimum atomic E-state index is -0.0829. The first kappa shape index (κ1) is 21.2. The number of piperidine rings is 1. The lowest BCUT2D eigenvalue weighted by atomic mass is 9.88. The summed E-state index contributed by atoms with van der Waals surface area (Å²) in [6.07, 6.45) is 7.06. The van der Waals surface area contributed by atoms with Gasteiger partial charge in [0, 0.05) is 40.2 Å². The van der Waals surface area contributed by atoms with Crippen LogP contribution in [0.5, 0.6) is 0 Å². The van der Waals surface area contributed by atoms with Gasteiger partial charge in [0.15, 0.2) is 0 Å². The second kappa shape index (κ2) is 9.01. The average molecular weight is 474 g/mol. The lowest BCUT2D eigenvalue weighted by molar-refractivity contribution is -0.126. The SMILES string of the molecule is O=C(NC1CCN(C(=O)c2sc3cc(Cl)cc(Cl)c3c2Cl)CC1)C1CCCCC1. The van der Waals surface area contributed by atoms with Crippen molar-refractivity contribution < 1.29 is 9.59 Å². The molecule has 8 heteroatoms. The third-order valence-electron chi connectivity index (χ3n) is 5.95. The smallest absolute Gasteiger partial charge is 0.265 e. The highest BCUT2D eigenvalue weighted by molar-refractivity contribution is 7.21. The topological polar surface area (TPSA) is 49.4 Å². The zero-order chi connectivity index (χ0) is 20.5. The van der Waals surface area contributed by atoms with Crippen LogP contribution in [0.4, 0.5) is 0 Å². The van der Waals surface area contributed by atoms with Gasteiger partial charge in [0.2, 0.25) is 5.91 Å². The highest BCUT2D eigenvalue weighted by Gasteiger charge is 2.29. The van der Waals surface area contributed by atoms with E-state index in [4.69, 9.17) is 34.8 Å². The summed E-state index contributed by atoms with van der Waals surface area (Å²) in [5.74, 6) is 0.270. The van der Waals surface area contributed by atoms with Crippen LogP contribution in [0.15, 0.2) is 12.1 Å². The third-order valence-corrected chi connectivity index (χ3v) is 8.08. The Balaban J connectivity index is 1.39. The summed E-state index contributed by atoms with van der Waals surface area (Å²) in [6.45, 7) is 1.21. The number of likely N-dealkylation sites (tertiary alicyclic amines) is 1. The molecule has 1 N–H and O–H groups in total. The Bertz CT molecular complexity index is 932. The van der Waals surface area contributed by atoms with E-state index in [9.17, 15) is 9.59 Å². The van der Waals surface area contributed by atoms with Crippen molar-refractivity contribution in [2.24, 2.45) is 5.92 Å². The lowest BCUT2D eigenvalue weighted by Crippen LogP contribution is -2.48. The maximum absolute atomic E-state index is 13.1. The zero-order valence-electron chi connectivity index (χ0n) is 16.0. The van der Waals surface area contributed by atoms with Crippen LogP contribution in [0, 0.1) is 5.92 Å². The Morgan fingerprint density at radius 2 is 1.69 bits per heavy atom. The molecule has 0 radical (unpaired) electrons. The number of amides is 2. The molecule has 1 saturated heterocycles. The van der Waals surface area contributed by atoms with Crippen LogP contribution in [0.2, 0.25) is 15.1 Å². The number of hydrogen-bond acceptors (Lipinski definition) is 3. The summed E-state index contributed by atoms with van der Waals surface area (Å²) in [4.78, 5) is 27.8. The molecule has 0 atom stereocenters. The minimum Gasteiger partial charge on any atom is -0.353 e. The van der Waals surface area contributed by atoms with Crippen molar-refractivity contribution >= 4 is 68.0 Å². The number of hydrogen-bond donors (Lipinski definition) is 1.